The molecule has 3 rings (SSSR count). The summed E-state index contributed by atoms with van der Waals surface area (Å²) in [6, 6.07) is 20.3. The fourth-order valence-corrected chi connectivity index (χ4v) is 2.87. The van der Waals surface area contributed by atoms with Gasteiger partial charge in [-0.25, -0.2) is 0 Å². The van der Waals surface area contributed by atoms with Crippen molar-refractivity contribution in [2.75, 3.05) is 11.1 Å². The average molecular weight is 266 g/mol. The molecule has 0 saturated carbocycles. The van der Waals surface area contributed by atoms with E-state index in [9.17, 15) is 0 Å². The number of nitrogen functional groups attached to an aromatic ring is 1. The molecule has 3 N–H and O–H groups in total. The number of anilines is 3. The fourth-order valence-electron chi connectivity index (χ4n) is 1.96. The van der Waals surface area contributed by atoms with Crippen LogP contribution < -0.4 is 11.1 Å². The largest absolute Gasteiger partial charge is 0.396 e. The number of para-hydroxylation sites is 1. The van der Waals surface area contributed by atoms with E-state index >= 15 is 0 Å². The second-order valence-corrected chi connectivity index (χ2v) is 5.13. The maximum absolute atomic E-state index is 6.23. The van der Waals surface area contributed by atoms with Crippen LogP contribution in [0.25, 0.3) is 11.1 Å². The topological polar surface area (TPSA) is 38.0 Å². The van der Waals surface area contributed by atoms with Crippen molar-refractivity contribution in [2.24, 2.45) is 0 Å². The summed E-state index contributed by atoms with van der Waals surface area (Å²) in [6.07, 6.45) is 0. The van der Waals surface area contributed by atoms with Crippen LogP contribution in [-0.4, -0.2) is 0 Å². The lowest BCUT2D eigenvalue weighted by molar-refractivity contribution is 1.60. The zero-order chi connectivity index (χ0) is 13.1. The Morgan fingerprint density at radius 1 is 0.842 bits per heavy atom. The van der Waals surface area contributed by atoms with E-state index in [-0.39, 0.29) is 0 Å². The van der Waals surface area contributed by atoms with Gasteiger partial charge in [-0.3, -0.25) is 0 Å². The Bertz CT molecular complexity index is 660. The molecule has 0 unspecified atom stereocenters. The van der Waals surface area contributed by atoms with Gasteiger partial charge in [0.25, 0.3) is 0 Å². The summed E-state index contributed by atoms with van der Waals surface area (Å²) >= 11 is 1.63. The molecule has 0 bridgehead atoms. The smallest absolute Gasteiger partial charge is 0.117 e. The van der Waals surface area contributed by atoms with E-state index in [1.165, 1.54) is 0 Å². The molecular weight excluding hydrogens is 252 g/mol. The van der Waals surface area contributed by atoms with Crippen molar-refractivity contribution in [3.05, 3.63) is 66.0 Å². The monoisotopic (exact) mass is 266 g/mol. The summed E-state index contributed by atoms with van der Waals surface area (Å²) in [5.74, 6) is 0. The van der Waals surface area contributed by atoms with Gasteiger partial charge in [0.2, 0.25) is 0 Å². The predicted octanol–water partition coefficient (Wildman–Crippen LogP) is 4.74. The maximum Gasteiger partial charge on any atom is 0.117 e. The van der Waals surface area contributed by atoms with Crippen molar-refractivity contribution in [2.45, 2.75) is 0 Å². The minimum atomic E-state index is 0.806. The van der Waals surface area contributed by atoms with Crippen LogP contribution in [-0.2, 0) is 0 Å². The van der Waals surface area contributed by atoms with Gasteiger partial charge in [0.15, 0.2) is 0 Å². The van der Waals surface area contributed by atoms with Crippen molar-refractivity contribution < 1.29 is 0 Å². The molecule has 94 valence electrons. The molecule has 0 aliphatic carbocycles. The summed E-state index contributed by atoms with van der Waals surface area (Å²) in [4.78, 5) is 0. The quantitative estimate of drug-likeness (QED) is 0.718. The SMILES string of the molecule is Nc1c(-c2ccccc2)csc1Nc1ccccc1. The van der Waals surface area contributed by atoms with Crippen LogP contribution in [0, 0.1) is 0 Å². The van der Waals surface area contributed by atoms with Crippen LogP contribution in [0.4, 0.5) is 16.4 Å². The summed E-state index contributed by atoms with van der Waals surface area (Å²) in [5.41, 5.74) is 10.3. The third-order valence-electron chi connectivity index (χ3n) is 2.95. The molecule has 0 aliphatic rings. The van der Waals surface area contributed by atoms with Gasteiger partial charge in [0.05, 0.1) is 5.69 Å². The van der Waals surface area contributed by atoms with E-state index in [0.29, 0.717) is 0 Å². The average Bonchev–Trinajstić information content (AvgIpc) is 2.82. The molecule has 3 aromatic rings. The first-order valence-corrected chi connectivity index (χ1v) is 6.97. The van der Waals surface area contributed by atoms with Gasteiger partial charge in [-0.05, 0) is 17.7 Å². The third-order valence-corrected chi connectivity index (χ3v) is 3.86. The number of hydrogen-bond donors (Lipinski definition) is 2. The van der Waals surface area contributed by atoms with Crippen LogP contribution in [0.2, 0.25) is 0 Å². The Balaban J connectivity index is 1.92. The molecule has 3 heteroatoms. The van der Waals surface area contributed by atoms with Crippen molar-refractivity contribution in [3.63, 3.8) is 0 Å². The van der Waals surface area contributed by atoms with E-state index in [1.54, 1.807) is 11.3 Å². The van der Waals surface area contributed by atoms with Crippen LogP contribution in [0.1, 0.15) is 0 Å². The maximum atomic E-state index is 6.23. The number of thiophene rings is 1. The second kappa shape index (κ2) is 5.16. The summed E-state index contributed by atoms with van der Waals surface area (Å²) in [6.45, 7) is 0. The van der Waals surface area contributed by atoms with Crippen molar-refractivity contribution in [3.8, 4) is 11.1 Å². The zero-order valence-corrected chi connectivity index (χ0v) is 11.2. The minimum absolute atomic E-state index is 0.806. The number of nitrogens with one attached hydrogen (secondary N) is 1. The van der Waals surface area contributed by atoms with Crippen LogP contribution >= 0.6 is 11.3 Å². The zero-order valence-electron chi connectivity index (χ0n) is 10.3. The Hall–Kier alpha value is -2.26. The molecule has 1 heterocycles. The lowest BCUT2D eigenvalue weighted by atomic mass is 10.1. The fraction of sp³-hybridized carbons (Fsp3) is 0. The molecule has 0 aliphatic heterocycles. The van der Waals surface area contributed by atoms with Gasteiger partial charge in [-0.2, -0.15) is 0 Å². The van der Waals surface area contributed by atoms with E-state index in [2.05, 4.69) is 22.8 Å². The molecule has 0 spiro atoms. The summed E-state index contributed by atoms with van der Waals surface area (Å²) in [7, 11) is 0. The van der Waals surface area contributed by atoms with Crippen LogP contribution in [0.3, 0.4) is 0 Å². The minimum Gasteiger partial charge on any atom is -0.396 e. The van der Waals surface area contributed by atoms with Crippen LogP contribution in [0.15, 0.2) is 66.0 Å². The normalized spacial score (nSPS) is 10.3. The number of benzene rings is 2. The Morgan fingerprint density at radius 3 is 2.16 bits per heavy atom. The molecule has 19 heavy (non-hydrogen) atoms. The molecule has 2 nitrogen and oxygen atoms in total. The number of rotatable bonds is 3. The highest BCUT2D eigenvalue weighted by molar-refractivity contribution is 7.15. The van der Waals surface area contributed by atoms with E-state index in [4.69, 9.17) is 5.73 Å². The van der Waals surface area contributed by atoms with Crippen molar-refractivity contribution in [1.82, 2.24) is 0 Å². The highest BCUT2D eigenvalue weighted by Gasteiger charge is 2.09. The third kappa shape index (κ3) is 2.46. The second-order valence-electron chi connectivity index (χ2n) is 4.25. The molecule has 0 amide bonds. The lowest BCUT2D eigenvalue weighted by Gasteiger charge is -2.05. The summed E-state index contributed by atoms with van der Waals surface area (Å²) in [5, 5.41) is 6.44. The first kappa shape index (κ1) is 11.8. The molecule has 0 fully saturated rings. The highest BCUT2D eigenvalue weighted by Crippen LogP contribution is 2.39. The molecule has 0 saturated heterocycles. The van der Waals surface area contributed by atoms with Crippen molar-refractivity contribution in [1.29, 1.82) is 0 Å². The van der Waals surface area contributed by atoms with Gasteiger partial charge in [-0.1, -0.05) is 48.5 Å². The first-order valence-electron chi connectivity index (χ1n) is 6.09. The standard InChI is InChI=1S/C16H14N2S/c17-15-14(12-7-3-1-4-8-12)11-19-16(15)18-13-9-5-2-6-10-13/h1-11,18H,17H2. The van der Waals surface area contributed by atoms with Gasteiger partial charge in [0.1, 0.15) is 5.00 Å². The predicted molar refractivity (Wildman–Crippen MR) is 83.9 cm³/mol. The highest BCUT2D eigenvalue weighted by atomic mass is 32.1. The van der Waals surface area contributed by atoms with E-state index in [0.717, 1.165) is 27.5 Å². The van der Waals surface area contributed by atoms with Crippen molar-refractivity contribution >= 4 is 27.7 Å². The molecule has 2 aromatic carbocycles. The molecule has 0 atom stereocenters. The molecule has 1 aromatic heterocycles. The Morgan fingerprint density at radius 2 is 1.47 bits per heavy atom. The van der Waals surface area contributed by atoms with Gasteiger partial charge < -0.3 is 11.1 Å². The molecular formula is C16H14N2S. The van der Waals surface area contributed by atoms with E-state index in [1.807, 2.05) is 48.5 Å². The van der Waals surface area contributed by atoms with Crippen LogP contribution in [0.5, 0.6) is 0 Å². The van der Waals surface area contributed by atoms with Gasteiger partial charge in [-0.15, -0.1) is 11.3 Å². The van der Waals surface area contributed by atoms with Gasteiger partial charge in [0, 0.05) is 16.6 Å². The Labute approximate surface area is 116 Å². The number of hydrogen-bond acceptors (Lipinski definition) is 3. The molecule has 0 radical (unpaired) electrons. The Kier molecular flexibility index (Phi) is 3.21. The first-order chi connectivity index (χ1) is 9.34. The van der Waals surface area contributed by atoms with E-state index < -0.39 is 0 Å². The number of nitrogens with two attached hydrogens (primary N) is 1. The van der Waals surface area contributed by atoms with Gasteiger partial charge >= 0.3 is 0 Å². The lowest BCUT2D eigenvalue weighted by Crippen LogP contribution is -1.93. The summed E-state index contributed by atoms with van der Waals surface area (Å²) < 4.78 is 0.